The number of para-hydroxylation sites is 2. The van der Waals surface area contributed by atoms with Gasteiger partial charge in [-0.25, -0.2) is 4.39 Å². The van der Waals surface area contributed by atoms with Crippen LogP contribution >= 0.6 is 15.9 Å². The number of hydrogen-bond acceptors (Lipinski definition) is 3. The summed E-state index contributed by atoms with van der Waals surface area (Å²) in [5.41, 5.74) is 2.90. The van der Waals surface area contributed by atoms with Gasteiger partial charge in [-0.05, 0) is 40.2 Å². The molecule has 6 heteroatoms. The van der Waals surface area contributed by atoms with Gasteiger partial charge in [0, 0.05) is 4.47 Å². The number of carbonyl (C=O) groups excluding carboxylic acids is 1. The van der Waals surface area contributed by atoms with Crippen molar-refractivity contribution in [2.45, 2.75) is 0 Å². The Morgan fingerprint density at radius 3 is 2.58 bits per heavy atom. The van der Waals surface area contributed by atoms with Gasteiger partial charge in [0.25, 0.3) is 5.91 Å². The van der Waals surface area contributed by atoms with Crippen molar-refractivity contribution in [2.24, 2.45) is 5.84 Å². The molecule has 0 spiro atoms. The monoisotopic (exact) mass is 323 g/mol. The number of nitrogen functional groups attached to an aromatic ring is 1. The lowest BCUT2D eigenvalue weighted by Gasteiger charge is -2.11. The Hall–Kier alpha value is -1.92. The van der Waals surface area contributed by atoms with Crippen LogP contribution in [0.2, 0.25) is 0 Å². The van der Waals surface area contributed by atoms with Crippen molar-refractivity contribution >= 4 is 33.2 Å². The van der Waals surface area contributed by atoms with Crippen LogP contribution in [-0.4, -0.2) is 5.91 Å². The van der Waals surface area contributed by atoms with Crippen molar-refractivity contribution < 1.29 is 9.18 Å². The zero-order chi connectivity index (χ0) is 13.8. The van der Waals surface area contributed by atoms with Gasteiger partial charge in [-0.15, -0.1) is 0 Å². The minimum Gasteiger partial charge on any atom is -0.321 e. The minimum atomic E-state index is -0.581. The summed E-state index contributed by atoms with van der Waals surface area (Å²) < 4.78 is 14.2. The van der Waals surface area contributed by atoms with E-state index in [1.165, 1.54) is 18.2 Å². The molecule has 0 aromatic heterocycles. The SMILES string of the molecule is NNc1c(F)cccc1C(=O)Nc1ccccc1Br. The highest BCUT2D eigenvalue weighted by Gasteiger charge is 2.15. The van der Waals surface area contributed by atoms with Crippen LogP contribution < -0.4 is 16.6 Å². The molecule has 0 aliphatic rings. The van der Waals surface area contributed by atoms with Crippen LogP contribution in [0, 0.1) is 5.82 Å². The Balaban J connectivity index is 2.31. The molecule has 0 heterocycles. The lowest BCUT2D eigenvalue weighted by molar-refractivity contribution is 0.102. The van der Waals surface area contributed by atoms with Crippen LogP contribution in [0.5, 0.6) is 0 Å². The fraction of sp³-hybridized carbons (Fsp3) is 0. The Bertz CT molecular complexity index is 619. The lowest BCUT2D eigenvalue weighted by Crippen LogP contribution is -2.18. The first-order valence-corrected chi connectivity index (χ1v) is 6.24. The topological polar surface area (TPSA) is 67.1 Å². The first kappa shape index (κ1) is 13.5. The van der Waals surface area contributed by atoms with E-state index in [1.807, 2.05) is 6.07 Å². The number of halogens is 2. The number of rotatable bonds is 3. The maximum atomic E-state index is 13.5. The number of amides is 1. The van der Waals surface area contributed by atoms with Crippen molar-refractivity contribution in [3.05, 3.63) is 58.3 Å². The highest BCUT2D eigenvalue weighted by atomic mass is 79.9. The van der Waals surface area contributed by atoms with Crippen molar-refractivity contribution in [1.82, 2.24) is 0 Å². The standard InChI is InChI=1S/C13H11BrFN3O/c14-9-5-1-2-7-11(9)17-13(19)8-4-3-6-10(15)12(8)18-16/h1-7,18H,16H2,(H,17,19). The second-order valence-electron chi connectivity index (χ2n) is 3.74. The van der Waals surface area contributed by atoms with Crippen LogP contribution in [-0.2, 0) is 0 Å². The Morgan fingerprint density at radius 1 is 1.16 bits per heavy atom. The number of hydrogen-bond donors (Lipinski definition) is 3. The summed E-state index contributed by atoms with van der Waals surface area (Å²) in [5, 5.41) is 2.68. The van der Waals surface area contributed by atoms with Gasteiger partial charge in [0.2, 0.25) is 0 Å². The number of hydrazine groups is 1. The highest BCUT2D eigenvalue weighted by Crippen LogP contribution is 2.24. The number of anilines is 2. The fourth-order valence-corrected chi connectivity index (χ4v) is 2.00. The molecule has 2 aromatic carbocycles. The normalized spacial score (nSPS) is 10.1. The molecule has 1 amide bonds. The quantitative estimate of drug-likeness (QED) is 0.600. The van der Waals surface area contributed by atoms with Gasteiger partial charge in [-0.3, -0.25) is 10.6 Å². The molecular formula is C13H11BrFN3O. The van der Waals surface area contributed by atoms with Gasteiger partial charge >= 0.3 is 0 Å². The van der Waals surface area contributed by atoms with Crippen molar-refractivity contribution in [2.75, 3.05) is 10.7 Å². The van der Waals surface area contributed by atoms with E-state index in [4.69, 9.17) is 5.84 Å². The molecule has 0 fully saturated rings. The van der Waals surface area contributed by atoms with E-state index in [1.54, 1.807) is 18.2 Å². The third-order valence-electron chi connectivity index (χ3n) is 2.52. The third kappa shape index (κ3) is 2.91. The molecule has 0 bridgehead atoms. The van der Waals surface area contributed by atoms with Gasteiger partial charge in [0.05, 0.1) is 16.9 Å². The van der Waals surface area contributed by atoms with E-state index in [0.717, 1.165) is 4.47 Å². The Kier molecular flexibility index (Phi) is 4.13. The largest absolute Gasteiger partial charge is 0.321 e. The van der Waals surface area contributed by atoms with Crippen LogP contribution in [0.1, 0.15) is 10.4 Å². The summed E-state index contributed by atoms with van der Waals surface area (Å²) in [6.07, 6.45) is 0. The van der Waals surface area contributed by atoms with Gasteiger partial charge < -0.3 is 10.7 Å². The Labute approximate surface area is 117 Å². The van der Waals surface area contributed by atoms with Crippen LogP contribution in [0.4, 0.5) is 15.8 Å². The zero-order valence-electron chi connectivity index (χ0n) is 9.78. The molecule has 0 radical (unpaired) electrons. The summed E-state index contributed by atoms with van der Waals surface area (Å²) in [7, 11) is 0. The maximum Gasteiger partial charge on any atom is 0.257 e. The maximum absolute atomic E-state index is 13.5. The first-order chi connectivity index (χ1) is 9.13. The van der Waals surface area contributed by atoms with Gasteiger partial charge in [0.15, 0.2) is 0 Å². The fourth-order valence-electron chi connectivity index (χ4n) is 1.61. The van der Waals surface area contributed by atoms with Crippen molar-refractivity contribution in [3.63, 3.8) is 0 Å². The summed E-state index contributed by atoms with van der Waals surface area (Å²) in [5.74, 6) is 4.21. The molecule has 0 saturated heterocycles. The van der Waals surface area contributed by atoms with E-state index in [2.05, 4.69) is 26.7 Å². The summed E-state index contributed by atoms with van der Waals surface area (Å²) in [6, 6.07) is 11.3. The summed E-state index contributed by atoms with van der Waals surface area (Å²) in [4.78, 5) is 12.1. The molecule has 4 N–H and O–H groups in total. The smallest absolute Gasteiger partial charge is 0.257 e. The molecule has 0 aliphatic carbocycles. The van der Waals surface area contributed by atoms with E-state index in [-0.39, 0.29) is 11.3 Å². The van der Waals surface area contributed by atoms with Crippen molar-refractivity contribution in [1.29, 1.82) is 0 Å². The number of nitrogens with one attached hydrogen (secondary N) is 2. The minimum absolute atomic E-state index is 0.0351. The van der Waals surface area contributed by atoms with Gasteiger partial charge in [-0.2, -0.15) is 0 Å². The van der Waals surface area contributed by atoms with E-state index in [9.17, 15) is 9.18 Å². The average Bonchev–Trinajstić information content (AvgIpc) is 2.41. The highest BCUT2D eigenvalue weighted by molar-refractivity contribution is 9.10. The number of nitrogens with two attached hydrogens (primary N) is 1. The second-order valence-corrected chi connectivity index (χ2v) is 4.60. The van der Waals surface area contributed by atoms with Crippen molar-refractivity contribution in [3.8, 4) is 0 Å². The predicted molar refractivity (Wildman–Crippen MR) is 76.3 cm³/mol. The molecule has 0 aliphatic heterocycles. The Morgan fingerprint density at radius 2 is 1.89 bits per heavy atom. The molecule has 2 aromatic rings. The van der Waals surface area contributed by atoms with E-state index >= 15 is 0 Å². The summed E-state index contributed by atoms with van der Waals surface area (Å²) in [6.45, 7) is 0. The molecule has 19 heavy (non-hydrogen) atoms. The second kappa shape index (κ2) is 5.81. The lowest BCUT2D eigenvalue weighted by atomic mass is 10.1. The molecule has 98 valence electrons. The van der Waals surface area contributed by atoms with Gasteiger partial charge in [0.1, 0.15) is 5.82 Å². The molecule has 0 unspecified atom stereocenters. The molecule has 0 saturated carbocycles. The van der Waals surface area contributed by atoms with Crippen LogP contribution in [0.25, 0.3) is 0 Å². The zero-order valence-corrected chi connectivity index (χ0v) is 11.4. The molecule has 0 atom stereocenters. The predicted octanol–water partition coefficient (Wildman–Crippen LogP) is 3.13. The first-order valence-electron chi connectivity index (χ1n) is 5.44. The number of carbonyl (C=O) groups is 1. The van der Waals surface area contributed by atoms with E-state index in [0.29, 0.717) is 5.69 Å². The van der Waals surface area contributed by atoms with Crippen LogP contribution in [0.3, 0.4) is 0 Å². The summed E-state index contributed by atoms with van der Waals surface area (Å²) >= 11 is 3.32. The molecular weight excluding hydrogens is 313 g/mol. The van der Waals surface area contributed by atoms with Crippen LogP contribution in [0.15, 0.2) is 46.9 Å². The molecule has 2 rings (SSSR count). The third-order valence-corrected chi connectivity index (χ3v) is 3.22. The molecule has 4 nitrogen and oxygen atoms in total. The van der Waals surface area contributed by atoms with Gasteiger partial charge in [-0.1, -0.05) is 18.2 Å². The van der Waals surface area contributed by atoms with E-state index < -0.39 is 11.7 Å². The average molecular weight is 324 g/mol. The number of benzene rings is 2.